The van der Waals surface area contributed by atoms with Crippen molar-refractivity contribution in [3.8, 4) is 0 Å². The lowest BCUT2D eigenvalue weighted by Gasteiger charge is -2.37. The molecular formula is C29H31FN2O3. The van der Waals surface area contributed by atoms with Gasteiger partial charge in [0.1, 0.15) is 18.5 Å². The van der Waals surface area contributed by atoms with E-state index in [1.54, 1.807) is 18.2 Å². The Morgan fingerprint density at radius 2 is 1.71 bits per heavy atom. The summed E-state index contributed by atoms with van der Waals surface area (Å²) in [5, 5.41) is 0. The SMILES string of the molecule is CC(C)(C)c1ccc(COC(=O)c2cccc3c2N(C(C(N)=O)c2ccc(F)cc2)CCC3)cc1. The van der Waals surface area contributed by atoms with Crippen LogP contribution in [0.25, 0.3) is 0 Å². The lowest BCUT2D eigenvalue weighted by atomic mass is 9.87. The summed E-state index contributed by atoms with van der Waals surface area (Å²) >= 11 is 0. The summed E-state index contributed by atoms with van der Waals surface area (Å²) in [6.07, 6.45) is 1.58. The zero-order valence-corrected chi connectivity index (χ0v) is 20.4. The maximum Gasteiger partial charge on any atom is 0.340 e. The molecule has 0 spiro atoms. The maximum absolute atomic E-state index is 13.5. The summed E-state index contributed by atoms with van der Waals surface area (Å²) < 4.78 is 19.2. The minimum Gasteiger partial charge on any atom is -0.457 e. The number of nitrogens with zero attached hydrogens (tertiary/aromatic N) is 1. The lowest BCUT2D eigenvalue weighted by Crippen LogP contribution is -2.41. The van der Waals surface area contributed by atoms with E-state index in [0.717, 1.165) is 24.0 Å². The van der Waals surface area contributed by atoms with E-state index in [9.17, 15) is 14.0 Å². The fraction of sp³-hybridized carbons (Fsp3) is 0.310. The van der Waals surface area contributed by atoms with Gasteiger partial charge in [0, 0.05) is 6.54 Å². The molecule has 1 atom stereocenters. The third-order valence-electron chi connectivity index (χ3n) is 6.43. The van der Waals surface area contributed by atoms with Gasteiger partial charge in [0.15, 0.2) is 0 Å². The molecule has 0 saturated heterocycles. The Hall–Kier alpha value is -3.67. The van der Waals surface area contributed by atoms with Crippen LogP contribution in [0.15, 0.2) is 66.7 Å². The Morgan fingerprint density at radius 1 is 1.03 bits per heavy atom. The molecule has 1 amide bonds. The normalized spacial score (nSPS) is 14.2. The average Bonchev–Trinajstić information content (AvgIpc) is 2.83. The number of fused-ring (bicyclic) bond motifs is 1. The van der Waals surface area contributed by atoms with Gasteiger partial charge in [-0.3, -0.25) is 4.79 Å². The van der Waals surface area contributed by atoms with E-state index >= 15 is 0 Å². The first-order valence-corrected chi connectivity index (χ1v) is 11.8. The number of rotatable bonds is 6. The lowest BCUT2D eigenvalue weighted by molar-refractivity contribution is -0.119. The van der Waals surface area contributed by atoms with Gasteiger partial charge < -0.3 is 15.4 Å². The summed E-state index contributed by atoms with van der Waals surface area (Å²) in [4.78, 5) is 27.6. The van der Waals surface area contributed by atoms with Crippen LogP contribution in [0, 0.1) is 5.82 Å². The Balaban J connectivity index is 1.61. The fourth-order valence-corrected chi connectivity index (χ4v) is 4.58. The largest absolute Gasteiger partial charge is 0.457 e. The molecule has 6 heteroatoms. The van der Waals surface area contributed by atoms with Crippen molar-refractivity contribution in [1.82, 2.24) is 0 Å². The van der Waals surface area contributed by atoms with Crippen molar-refractivity contribution in [1.29, 1.82) is 0 Å². The second-order valence-electron chi connectivity index (χ2n) is 9.99. The highest BCUT2D eigenvalue weighted by molar-refractivity contribution is 5.98. The number of hydrogen-bond donors (Lipinski definition) is 1. The van der Waals surface area contributed by atoms with Crippen LogP contribution >= 0.6 is 0 Å². The van der Waals surface area contributed by atoms with Gasteiger partial charge in [0.25, 0.3) is 0 Å². The predicted octanol–water partition coefficient (Wildman–Crippen LogP) is 5.46. The Morgan fingerprint density at radius 3 is 2.34 bits per heavy atom. The van der Waals surface area contributed by atoms with Crippen LogP contribution in [-0.2, 0) is 28.0 Å². The molecule has 0 bridgehead atoms. The monoisotopic (exact) mass is 474 g/mol. The highest BCUT2D eigenvalue weighted by atomic mass is 19.1. The van der Waals surface area contributed by atoms with Crippen LogP contribution < -0.4 is 10.6 Å². The molecule has 3 aromatic rings. The van der Waals surface area contributed by atoms with Crippen molar-refractivity contribution < 1.29 is 18.7 Å². The summed E-state index contributed by atoms with van der Waals surface area (Å²) in [5.41, 5.74) is 10.5. The molecular weight excluding hydrogens is 443 g/mol. The number of hydrogen-bond acceptors (Lipinski definition) is 4. The Labute approximate surface area is 205 Å². The molecule has 3 aromatic carbocycles. The maximum atomic E-state index is 13.5. The van der Waals surface area contributed by atoms with E-state index in [1.165, 1.54) is 17.7 Å². The molecule has 1 unspecified atom stereocenters. The number of aryl methyl sites for hydroxylation is 1. The van der Waals surface area contributed by atoms with Gasteiger partial charge in [0.05, 0.1) is 11.3 Å². The topological polar surface area (TPSA) is 72.6 Å². The molecule has 0 saturated carbocycles. The molecule has 1 aliphatic rings. The summed E-state index contributed by atoms with van der Waals surface area (Å²) in [7, 11) is 0. The molecule has 2 N–H and O–H groups in total. The molecule has 0 radical (unpaired) electrons. The van der Waals surface area contributed by atoms with Crippen LogP contribution in [-0.4, -0.2) is 18.4 Å². The second kappa shape index (κ2) is 9.90. The average molecular weight is 475 g/mol. The number of amides is 1. The van der Waals surface area contributed by atoms with Gasteiger partial charge in [-0.2, -0.15) is 0 Å². The fourth-order valence-electron chi connectivity index (χ4n) is 4.58. The number of primary amides is 1. The Kier molecular flexibility index (Phi) is 6.92. The quantitative estimate of drug-likeness (QED) is 0.482. The molecule has 1 heterocycles. The molecule has 5 nitrogen and oxygen atoms in total. The van der Waals surface area contributed by atoms with Crippen molar-refractivity contribution in [2.45, 2.75) is 51.7 Å². The number of halogens is 1. The highest BCUT2D eigenvalue weighted by Gasteiger charge is 2.33. The number of nitrogens with two attached hydrogens (primary N) is 1. The summed E-state index contributed by atoms with van der Waals surface area (Å²) in [6, 6.07) is 18.4. The molecule has 35 heavy (non-hydrogen) atoms. The number of benzene rings is 3. The third-order valence-corrected chi connectivity index (χ3v) is 6.43. The van der Waals surface area contributed by atoms with E-state index < -0.39 is 23.7 Å². The second-order valence-corrected chi connectivity index (χ2v) is 9.99. The zero-order valence-electron chi connectivity index (χ0n) is 20.4. The minimum atomic E-state index is -0.825. The first kappa shape index (κ1) is 24.5. The van der Waals surface area contributed by atoms with Crippen molar-refractivity contribution in [2.75, 3.05) is 11.4 Å². The van der Waals surface area contributed by atoms with E-state index in [2.05, 4.69) is 32.9 Å². The van der Waals surface area contributed by atoms with Crippen LogP contribution in [0.3, 0.4) is 0 Å². The number of ether oxygens (including phenoxy) is 1. The van der Waals surface area contributed by atoms with Gasteiger partial charge in [-0.05, 0) is 58.7 Å². The van der Waals surface area contributed by atoms with Crippen molar-refractivity contribution in [2.24, 2.45) is 5.73 Å². The van der Waals surface area contributed by atoms with E-state index in [0.29, 0.717) is 23.4 Å². The van der Waals surface area contributed by atoms with Gasteiger partial charge in [-0.15, -0.1) is 0 Å². The first-order valence-electron chi connectivity index (χ1n) is 11.8. The summed E-state index contributed by atoms with van der Waals surface area (Å²) in [5.74, 6) is -1.42. The van der Waals surface area contributed by atoms with Crippen molar-refractivity contribution >= 4 is 17.6 Å². The van der Waals surface area contributed by atoms with E-state index in [4.69, 9.17) is 10.5 Å². The smallest absolute Gasteiger partial charge is 0.340 e. The predicted molar refractivity (Wildman–Crippen MR) is 135 cm³/mol. The van der Waals surface area contributed by atoms with Gasteiger partial charge in [0.2, 0.25) is 5.91 Å². The van der Waals surface area contributed by atoms with Crippen molar-refractivity contribution in [3.63, 3.8) is 0 Å². The number of esters is 1. The summed E-state index contributed by atoms with van der Waals surface area (Å²) in [6.45, 7) is 7.13. The zero-order chi connectivity index (χ0) is 25.2. The van der Waals surface area contributed by atoms with Gasteiger partial charge >= 0.3 is 5.97 Å². The van der Waals surface area contributed by atoms with Crippen LogP contribution in [0.4, 0.5) is 10.1 Å². The number of para-hydroxylation sites is 1. The van der Waals surface area contributed by atoms with E-state index in [1.807, 2.05) is 29.2 Å². The molecule has 0 fully saturated rings. The third kappa shape index (κ3) is 5.37. The number of carbonyl (C=O) groups is 2. The Bertz CT molecular complexity index is 1210. The molecule has 182 valence electrons. The van der Waals surface area contributed by atoms with Crippen molar-refractivity contribution in [3.05, 3.63) is 100 Å². The van der Waals surface area contributed by atoms with Crippen LogP contribution in [0.5, 0.6) is 0 Å². The highest BCUT2D eigenvalue weighted by Crippen LogP contribution is 2.37. The number of carbonyl (C=O) groups excluding carboxylic acids is 2. The number of anilines is 1. The van der Waals surface area contributed by atoms with E-state index in [-0.39, 0.29) is 12.0 Å². The van der Waals surface area contributed by atoms with Gasteiger partial charge in [-0.1, -0.05) is 69.3 Å². The first-order chi connectivity index (χ1) is 16.6. The molecule has 4 rings (SSSR count). The molecule has 0 aromatic heterocycles. The molecule has 0 aliphatic carbocycles. The minimum absolute atomic E-state index is 0.0449. The van der Waals surface area contributed by atoms with Gasteiger partial charge in [-0.25, -0.2) is 9.18 Å². The standard InChI is InChI=1S/C29H31FN2O3/c1-29(2,3)22-13-9-19(10-14-22)18-35-28(34)24-8-4-6-20-7-5-17-32(25(20)24)26(27(31)33)21-11-15-23(30)16-12-21/h4,6,8-16,26H,5,7,17-18H2,1-3H3,(H2,31,33). The van der Waals surface area contributed by atoms with Crippen LogP contribution in [0.1, 0.15) is 65.8 Å². The molecule has 1 aliphatic heterocycles. The van der Waals surface area contributed by atoms with Crippen LogP contribution in [0.2, 0.25) is 0 Å².